The number of aromatic amines is 1. The minimum absolute atomic E-state index is 0.340. The van der Waals surface area contributed by atoms with Gasteiger partial charge in [0.05, 0.1) is 4.88 Å². The fourth-order valence-corrected chi connectivity index (χ4v) is 2.57. The zero-order chi connectivity index (χ0) is 11.5. The van der Waals surface area contributed by atoms with Gasteiger partial charge in [-0.3, -0.25) is 0 Å². The summed E-state index contributed by atoms with van der Waals surface area (Å²) in [6.45, 7) is 4.85. The first kappa shape index (κ1) is 11.4. The molecule has 2 rings (SSSR count). The lowest BCUT2D eigenvalue weighted by atomic mass is 10.1. The van der Waals surface area contributed by atoms with Gasteiger partial charge in [-0.05, 0) is 24.8 Å². The van der Waals surface area contributed by atoms with Crippen molar-refractivity contribution < 1.29 is 0 Å². The van der Waals surface area contributed by atoms with Crippen LogP contribution in [0.3, 0.4) is 0 Å². The Labute approximate surface area is 99.7 Å². The molecule has 2 heterocycles. The molecule has 16 heavy (non-hydrogen) atoms. The Hall–Kier alpha value is -1.13. The highest BCUT2D eigenvalue weighted by molar-refractivity contribution is 7.13. The van der Waals surface area contributed by atoms with Crippen LogP contribution >= 0.6 is 11.3 Å². The van der Waals surface area contributed by atoms with E-state index in [0.717, 1.165) is 23.6 Å². The average Bonchev–Trinajstić information content (AvgIpc) is 2.89. The van der Waals surface area contributed by atoms with Crippen LogP contribution in [-0.2, 0) is 0 Å². The molecule has 2 aromatic heterocycles. The van der Waals surface area contributed by atoms with Crippen LogP contribution in [0.4, 0.5) is 0 Å². The molecule has 0 bridgehead atoms. The highest BCUT2D eigenvalue weighted by Gasteiger charge is 2.15. The summed E-state index contributed by atoms with van der Waals surface area (Å²) >= 11 is 1.72. The van der Waals surface area contributed by atoms with Gasteiger partial charge < -0.3 is 10.7 Å². The largest absolute Gasteiger partial charge is 0.345 e. The fourth-order valence-electron chi connectivity index (χ4n) is 1.80. The Morgan fingerprint density at radius 2 is 2.38 bits per heavy atom. The van der Waals surface area contributed by atoms with E-state index >= 15 is 0 Å². The molecule has 0 radical (unpaired) electrons. The van der Waals surface area contributed by atoms with Crippen LogP contribution in [0.2, 0.25) is 0 Å². The van der Waals surface area contributed by atoms with Gasteiger partial charge in [-0.1, -0.05) is 13.0 Å². The number of nitrogens with one attached hydrogen (secondary N) is 1. The molecule has 4 heteroatoms. The maximum atomic E-state index is 5.74. The molecule has 1 atom stereocenters. The number of aromatic nitrogens is 2. The molecule has 0 amide bonds. The first-order valence-corrected chi connectivity index (χ1v) is 6.44. The zero-order valence-electron chi connectivity index (χ0n) is 9.66. The number of hydrogen-bond donors (Lipinski definition) is 2. The minimum Gasteiger partial charge on any atom is -0.345 e. The predicted molar refractivity (Wildman–Crippen MR) is 68.7 cm³/mol. The number of nitrogens with zero attached hydrogens (tertiary/aromatic N) is 1. The molecule has 3 N–H and O–H groups in total. The van der Waals surface area contributed by atoms with Gasteiger partial charge in [0, 0.05) is 18.2 Å². The Kier molecular flexibility index (Phi) is 3.41. The number of imidazole rings is 1. The standard InChI is InChI=1S/C12H17N3S/c1-3-9(7-13)12-14-8(2)11(15-12)10-5-4-6-16-10/h4-6,9H,3,7,13H2,1-2H3,(H,14,15). The third-order valence-corrected chi connectivity index (χ3v) is 3.70. The summed E-state index contributed by atoms with van der Waals surface area (Å²) < 4.78 is 0. The van der Waals surface area contributed by atoms with E-state index in [1.165, 1.54) is 4.88 Å². The molecule has 0 saturated heterocycles. The smallest absolute Gasteiger partial charge is 0.111 e. The maximum Gasteiger partial charge on any atom is 0.111 e. The van der Waals surface area contributed by atoms with Crippen LogP contribution in [0, 0.1) is 6.92 Å². The van der Waals surface area contributed by atoms with Crippen molar-refractivity contribution in [3.63, 3.8) is 0 Å². The number of hydrogen-bond acceptors (Lipinski definition) is 3. The summed E-state index contributed by atoms with van der Waals surface area (Å²) in [7, 11) is 0. The summed E-state index contributed by atoms with van der Waals surface area (Å²) in [4.78, 5) is 9.23. The third-order valence-electron chi connectivity index (χ3n) is 2.82. The second-order valence-electron chi connectivity index (χ2n) is 3.91. The van der Waals surface area contributed by atoms with Crippen molar-refractivity contribution >= 4 is 11.3 Å². The van der Waals surface area contributed by atoms with Crippen LogP contribution in [-0.4, -0.2) is 16.5 Å². The van der Waals surface area contributed by atoms with Gasteiger partial charge in [0.2, 0.25) is 0 Å². The van der Waals surface area contributed by atoms with Gasteiger partial charge in [-0.25, -0.2) is 4.98 Å². The lowest BCUT2D eigenvalue weighted by molar-refractivity contribution is 0.638. The average molecular weight is 235 g/mol. The molecule has 0 saturated carbocycles. The van der Waals surface area contributed by atoms with Crippen LogP contribution < -0.4 is 5.73 Å². The molecule has 1 unspecified atom stereocenters. The molecule has 86 valence electrons. The number of nitrogens with two attached hydrogens (primary N) is 1. The molecule has 0 aromatic carbocycles. The van der Waals surface area contributed by atoms with E-state index in [0.29, 0.717) is 12.5 Å². The molecule has 0 aliphatic heterocycles. The third kappa shape index (κ3) is 2.03. The number of rotatable bonds is 4. The summed E-state index contributed by atoms with van der Waals surface area (Å²) in [5, 5.41) is 2.07. The van der Waals surface area contributed by atoms with Crippen molar-refractivity contribution in [3.8, 4) is 10.6 Å². The second-order valence-corrected chi connectivity index (χ2v) is 4.86. The molecule has 0 fully saturated rings. The Bertz CT molecular complexity index is 441. The van der Waals surface area contributed by atoms with Crippen LogP contribution in [0.25, 0.3) is 10.6 Å². The van der Waals surface area contributed by atoms with E-state index in [1.807, 2.05) is 6.07 Å². The van der Waals surface area contributed by atoms with Crippen molar-refractivity contribution in [2.45, 2.75) is 26.2 Å². The minimum atomic E-state index is 0.340. The first-order chi connectivity index (χ1) is 7.76. The van der Waals surface area contributed by atoms with E-state index in [9.17, 15) is 0 Å². The topological polar surface area (TPSA) is 54.7 Å². The molecule has 0 aliphatic carbocycles. The van der Waals surface area contributed by atoms with E-state index in [2.05, 4.69) is 35.3 Å². The Morgan fingerprint density at radius 3 is 2.94 bits per heavy atom. The van der Waals surface area contributed by atoms with Crippen molar-refractivity contribution in [1.82, 2.24) is 9.97 Å². The molecule has 3 nitrogen and oxygen atoms in total. The van der Waals surface area contributed by atoms with Crippen molar-refractivity contribution in [1.29, 1.82) is 0 Å². The predicted octanol–water partition coefficient (Wildman–Crippen LogP) is 2.90. The van der Waals surface area contributed by atoms with Gasteiger partial charge in [0.25, 0.3) is 0 Å². The molecular formula is C12H17N3S. The Balaban J connectivity index is 2.35. The highest BCUT2D eigenvalue weighted by atomic mass is 32.1. The molecule has 2 aromatic rings. The van der Waals surface area contributed by atoms with Gasteiger partial charge in [-0.15, -0.1) is 11.3 Å². The maximum absolute atomic E-state index is 5.74. The fraction of sp³-hybridized carbons (Fsp3) is 0.417. The number of thiophene rings is 1. The van der Waals surface area contributed by atoms with E-state index in [4.69, 9.17) is 5.73 Å². The highest BCUT2D eigenvalue weighted by Crippen LogP contribution is 2.28. The van der Waals surface area contributed by atoms with Crippen LogP contribution in [0.15, 0.2) is 17.5 Å². The van der Waals surface area contributed by atoms with E-state index < -0.39 is 0 Å². The summed E-state index contributed by atoms with van der Waals surface area (Å²) in [5.41, 5.74) is 7.93. The van der Waals surface area contributed by atoms with Crippen molar-refractivity contribution in [2.24, 2.45) is 5.73 Å². The van der Waals surface area contributed by atoms with Gasteiger partial charge in [0.15, 0.2) is 0 Å². The molecular weight excluding hydrogens is 218 g/mol. The van der Waals surface area contributed by atoms with Crippen LogP contribution in [0.5, 0.6) is 0 Å². The Morgan fingerprint density at radius 1 is 1.56 bits per heavy atom. The lowest BCUT2D eigenvalue weighted by Crippen LogP contribution is -2.12. The lowest BCUT2D eigenvalue weighted by Gasteiger charge is -2.07. The molecule has 0 aliphatic rings. The van der Waals surface area contributed by atoms with Crippen molar-refractivity contribution in [2.75, 3.05) is 6.54 Å². The van der Waals surface area contributed by atoms with Crippen LogP contribution in [0.1, 0.15) is 30.8 Å². The van der Waals surface area contributed by atoms with E-state index in [-0.39, 0.29) is 0 Å². The molecule has 0 spiro atoms. The van der Waals surface area contributed by atoms with Gasteiger partial charge in [0.1, 0.15) is 11.5 Å². The van der Waals surface area contributed by atoms with Gasteiger partial charge in [-0.2, -0.15) is 0 Å². The number of H-pyrrole nitrogens is 1. The van der Waals surface area contributed by atoms with E-state index in [1.54, 1.807) is 11.3 Å². The SMILES string of the molecule is CCC(CN)c1nc(-c2cccs2)c(C)[nH]1. The monoisotopic (exact) mass is 235 g/mol. The number of aryl methyl sites for hydroxylation is 1. The quantitative estimate of drug-likeness (QED) is 0.856. The summed E-state index contributed by atoms with van der Waals surface area (Å²) in [6.07, 6.45) is 1.02. The second kappa shape index (κ2) is 4.80. The normalized spacial score (nSPS) is 12.9. The first-order valence-electron chi connectivity index (χ1n) is 5.56. The summed E-state index contributed by atoms with van der Waals surface area (Å²) in [5.74, 6) is 1.36. The summed E-state index contributed by atoms with van der Waals surface area (Å²) in [6, 6.07) is 4.15. The van der Waals surface area contributed by atoms with Crippen molar-refractivity contribution in [3.05, 3.63) is 29.0 Å². The van der Waals surface area contributed by atoms with Gasteiger partial charge >= 0.3 is 0 Å². The zero-order valence-corrected chi connectivity index (χ0v) is 10.5.